The number of carbonyl (C=O) groups is 1. The second-order valence-electron chi connectivity index (χ2n) is 5.38. The summed E-state index contributed by atoms with van der Waals surface area (Å²) in [5.41, 5.74) is 3.44. The Morgan fingerprint density at radius 2 is 2.35 bits per heavy atom. The van der Waals surface area contributed by atoms with Crippen molar-refractivity contribution in [2.24, 2.45) is 0 Å². The lowest BCUT2D eigenvalue weighted by molar-refractivity contribution is -0.127. The summed E-state index contributed by atoms with van der Waals surface area (Å²) in [5.74, 6) is 0.0239. The molecule has 1 amide bonds. The number of para-hydroxylation sites is 1. The van der Waals surface area contributed by atoms with Crippen LogP contribution in [0.4, 0.5) is 0 Å². The summed E-state index contributed by atoms with van der Waals surface area (Å²) in [4.78, 5) is 18.2. The lowest BCUT2D eigenvalue weighted by atomic mass is 10.0. The summed E-state index contributed by atoms with van der Waals surface area (Å²) in [6, 6.07) is 6.48. The molecule has 0 bridgehead atoms. The van der Waals surface area contributed by atoms with Crippen LogP contribution in [0.15, 0.2) is 37.2 Å². The standard InChI is InChI=1S/C16H19N3O/c1-3-15(20)18-9-5-7-13(10-18)19-11-17-14-8-4-6-12(2)16(14)19/h3-4,6,8,11,13H,1,5,7,9-10H2,2H3/t13-/m1/s1. The van der Waals surface area contributed by atoms with Crippen molar-refractivity contribution in [3.8, 4) is 0 Å². The van der Waals surface area contributed by atoms with Crippen LogP contribution in [0.1, 0.15) is 24.4 Å². The Hall–Kier alpha value is -2.10. The number of likely N-dealkylation sites (tertiary alicyclic amines) is 1. The highest BCUT2D eigenvalue weighted by Crippen LogP contribution is 2.27. The molecule has 0 aliphatic carbocycles. The van der Waals surface area contributed by atoms with Gasteiger partial charge in [-0.3, -0.25) is 4.79 Å². The summed E-state index contributed by atoms with van der Waals surface area (Å²) in [5, 5.41) is 0. The van der Waals surface area contributed by atoms with Crippen molar-refractivity contribution in [2.75, 3.05) is 13.1 Å². The van der Waals surface area contributed by atoms with E-state index in [0.29, 0.717) is 6.04 Å². The van der Waals surface area contributed by atoms with Crippen molar-refractivity contribution in [3.63, 3.8) is 0 Å². The van der Waals surface area contributed by atoms with E-state index in [4.69, 9.17) is 0 Å². The molecule has 0 radical (unpaired) electrons. The topological polar surface area (TPSA) is 38.1 Å². The average Bonchev–Trinajstić information content (AvgIpc) is 2.92. The number of benzene rings is 1. The molecule has 0 unspecified atom stereocenters. The van der Waals surface area contributed by atoms with E-state index < -0.39 is 0 Å². The Kier molecular flexibility index (Phi) is 3.30. The molecule has 2 heterocycles. The number of aryl methyl sites for hydroxylation is 1. The quantitative estimate of drug-likeness (QED) is 0.786. The molecule has 1 saturated heterocycles. The molecule has 1 fully saturated rings. The van der Waals surface area contributed by atoms with Gasteiger partial charge in [-0.25, -0.2) is 4.98 Å². The largest absolute Gasteiger partial charge is 0.337 e. The van der Waals surface area contributed by atoms with Crippen LogP contribution in [-0.4, -0.2) is 33.4 Å². The number of hydrogen-bond acceptors (Lipinski definition) is 2. The smallest absolute Gasteiger partial charge is 0.246 e. The van der Waals surface area contributed by atoms with Gasteiger partial charge in [-0.15, -0.1) is 0 Å². The minimum Gasteiger partial charge on any atom is -0.337 e. The number of fused-ring (bicyclic) bond motifs is 1. The first-order chi connectivity index (χ1) is 9.70. The van der Waals surface area contributed by atoms with Crippen LogP contribution in [0.3, 0.4) is 0 Å². The summed E-state index contributed by atoms with van der Waals surface area (Å²) < 4.78 is 2.23. The van der Waals surface area contributed by atoms with Crippen LogP contribution >= 0.6 is 0 Å². The molecule has 0 spiro atoms. The van der Waals surface area contributed by atoms with Crippen molar-refractivity contribution >= 4 is 16.9 Å². The second kappa shape index (κ2) is 5.12. The monoisotopic (exact) mass is 269 g/mol. The number of nitrogens with zero attached hydrogens (tertiary/aromatic N) is 3. The Labute approximate surface area is 118 Å². The molecule has 1 aliphatic rings. The van der Waals surface area contributed by atoms with Crippen LogP contribution in [0.5, 0.6) is 0 Å². The van der Waals surface area contributed by atoms with E-state index in [1.165, 1.54) is 17.2 Å². The normalized spacial score (nSPS) is 19.2. The number of hydrogen-bond donors (Lipinski definition) is 0. The summed E-state index contributed by atoms with van der Waals surface area (Å²) in [6.45, 7) is 7.25. The zero-order chi connectivity index (χ0) is 14.1. The lowest BCUT2D eigenvalue weighted by Crippen LogP contribution is -2.39. The molecule has 1 atom stereocenters. The Morgan fingerprint density at radius 1 is 1.50 bits per heavy atom. The molecule has 1 aromatic heterocycles. The van der Waals surface area contributed by atoms with Gasteiger partial charge >= 0.3 is 0 Å². The van der Waals surface area contributed by atoms with E-state index in [1.807, 2.05) is 23.4 Å². The van der Waals surface area contributed by atoms with Crippen LogP contribution in [0, 0.1) is 6.92 Å². The zero-order valence-corrected chi connectivity index (χ0v) is 11.7. The first-order valence-corrected chi connectivity index (χ1v) is 7.04. The first kappa shape index (κ1) is 12.9. The molecule has 2 aromatic rings. The minimum atomic E-state index is 0.0239. The predicted octanol–water partition coefficient (Wildman–Crippen LogP) is 2.69. The Balaban J connectivity index is 1.95. The third-order valence-electron chi connectivity index (χ3n) is 4.07. The molecule has 4 nitrogen and oxygen atoms in total. The van der Waals surface area contributed by atoms with E-state index in [0.717, 1.165) is 31.4 Å². The maximum atomic E-state index is 11.8. The van der Waals surface area contributed by atoms with Gasteiger partial charge in [0.2, 0.25) is 5.91 Å². The van der Waals surface area contributed by atoms with E-state index in [-0.39, 0.29) is 5.91 Å². The lowest BCUT2D eigenvalue weighted by Gasteiger charge is -2.33. The molecular formula is C16H19N3O. The maximum Gasteiger partial charge on any atom is 0.246 e. The fourth-order valence-corrected chi connectivity index (χ4v) is 3.05. The van der Waals surface area contributed by atoms with Crippen LogP contribution < -0.4 is 0 Å². The van der Waals surface area contributed by atoms with Gasteiger partial charge in [0.15, 0.2) is 0 Å². The van der Waals surface area contributed by atoms with E-state index in [1.54, 1.807) is 0 Å². The minimum absolute atomic E-state index is 0.0239. The number of imidazole rings is 1. The zero-order valence-electron chi connectivity index (χ0n) is 11.7. The summed E-state index contributed by atoms with van der Waals surface area (Å²) in [6.07, 6.45) is 5.42. The molecule has 0 N–H and O–H groups in total. The molecule has 104 valence electrons. The van der Waals surface area contributed by atoms with E-state index >= 15 is 0 Å². The van der Waals surface area contributed by atoms with Gasteiger partial charge < -0.3 is 9.47 Å². The van der Waals surface area contributed by atoms with E-state index in [2.05, 4.69) is 29.1 Å². The first-order valence-electron chi connectivity index (χ1n) is 7.04. The van der Waals surface area contributed by atoms with Gasteiger partial charge in [0.05, 0.1) is 23.4 Å². The number of amides is 1. The predicted molar refractivity (Wildman–Crippen MR) is 79.5 cm³/mol. The SMILES string of the molecule is C=CC(=O)N1CCC[C@@H](n2cnc3cccc(C)c32)C1. The molecule has 0 saturated carbocycles. The van der Waals surface area contributed by atoms with E-state index in [9.17, 15) is 4.79 Å². The molecule has 3 rings (SSSR count). The highest BCUT2D eigenvalue weighted by atomic mass is 16.2. The van der Waals surface area contributed by atoms with Crippen molar-refractivity contribution in [3.05, 3.63) is 42.7 Å². The highest BCUT2D eigenvalue weighted by Gasteiger charge is 2.24. The number of carbonyl (C=O) groups excluding carboxylic acids is 1. The molecule has 1 aromatic carbocycles. The average molecular weight is 269 g/mol. The summed E-state index contributed by atoms with van der Waals surface area (Å²) >= 11 is 0. The third-order valence-corrected chi connectivity index (χ3v) is 4.07. The Bertz CT molecular complexity index is 659. The highest BCUT2D eigenvalue weighted by molar-refractivity contribution is 5.87. The molecule has 4 heteroatoms. The van der Waals surface area contributed by atoms with Crippen molar-refractivity contribution in [1.29, 1.82) is 0 Å². The summed E-state index contributed by atoms with van der Waals surface area (Å²) in [7, 11) is 0. The van der Waals surface area contributed by atoms with Gasteiger partial charge in [0.25, 0.3) is 0 Å². The van der Waals surface area contributed by atoms with Crippen LogP contribution in [0.25, 0.3) is 11.0 Å². The number of piperidine rings is 1. The van der Waals surface area contributed by atoms with Gasteiger partial charge in [-0.2, -0.15) is 0 Å². The third kappa shape index (κ3) is 2.11. The molecule has 1 aliphatic heterocycles. The number of rotatable bonds is 2. The van der Waals surface area contributed by atoms with Gasteiger partial charge in [-0.1, -0.05) is 18.7 Å². The van der Waals surface area contributed by atoms with Gasteiger partial charge in [-0.05, 0) is 37.5 Å². The fraction of sp³-hybridized carbons (Fsp3) is 0.375. The van der Waals surface area contributed by atoms with Crippen LogP contribution in [0.2, 0.25) is 0 Å². The Morgan fingerprint density at radius 3 is 3.15 bits per heavy atom. The number of aromatic nitrogens is 2. The van der Waals surface area contributed by atoms with Crippen molar-refractivity contribution in [1.82, 2.24) is 14.5 Å². The van der Waals surface area contributed by atoms with Crippen molar-refractivity contribution in [2.45, 2.75) is 25.8 Å². The van der Waals surface area contributed by atoms with Crippen molar-refractivity contribution < 1.29 is 4.79 Å². The molecular weight excluding hydrogens is 250 g/mol. The maximum absolute atomic E-state index is 11.8. The second-order valence-corrected chi connectivity index (χ2v) is 5.38. The molecule has 20 heavy (non-hydrogen) atoms. The van der Waals surface area contributed by atoms with Crippen LogP contribution in [-0.2, 0) is 4.79 Å². The fourth-order valence-electron chi connectivity index (χ4n) is 3.05. The van der Waals surface area contributed by atoms with Gasteiger partial charge in [0.1, 0.15) is 0 Å². The van der Waals surface area contributed by atoms with Gasteiger partial charge in [0, 0.05) is 13.1 Å².